The zero-order valence-corrected chi connectivity index (χ0v) is 12.6. The van der Waals surface area contributed by atoms with Gasteiger partial charge in [-0.3, -0.25) is 0 Å². The van der Waals surface area contributed by atoms with E-state index < -0.39 is 0 Å². The Morgan fingerprint density at radius 1 is 1.12 bits per heavy atom. The van der Waals surface area contributed by atoms with Gasteiger partial charge in [-0.1, -0.05) is 53.2 Å². The van der Waals surface area contributed by atoms with Crippen LogP contribution in [0.4, 0.5) is 0 Å². The van der Waals surface area contributed by atoms with Gasteiger partial charge in [-0.2, -0.15) is 0 Å². The van der Waals surface area contributed by atoms with Crippen LogP contribution in [0.3, 0.4) is 0 Å². The Morgan fingerprint density at radius 2 is 1.82 bits per heavy atom. The first-order valence-electron chi connectivity index (χ1n) is 5.97. The largest absolute Gasteiger partial charge is 0.145 e. The molecule has 0 spiro atoms. The molecule has 1 heterocycles. The lowest BCUT2D eigenvalue weighted by Gasteiger charge is -2.20. The molecule has 0 N–H and O–H groups in total. The van der Waals surface area contributed by atoms with Gasteiger partial charge in [0.2, 0.25) is 0 Å². The first-order chi connectivity index (χ1) is 8.22. The van der Waals surface area contributed by atoms with Crippen LogP contribution in [0.25, 0.3) is 0 Å². The molecule has 90 valence electrons. The molecule has 0 aliphatic rings. The second kappa shape index (κ2) is 5.83. The van der Waals surface area contributed by atoms with E-state index in [0.717, 1.165) is 6.42 Å². The third-order valence-electron chi connectivity index (χ3n) is 3.05. The van der Waals surface area contributed by atoms with Crippen LogP contribution in [0.5, 0.6) is 0 Å². The average molecular weight is 309 g/mol. The molecule has 1 aromatic heterocycles. The highest BCUT2D eigenvalue weighted by molar-refractivity contribution is 9.09. The highest BCUT2D eigenvalue weighted by atomic mass is 79.9. The quantitative estimate of drug-likeness (QED) is 0.637. The van der Waals surface area contributed by atoms with Gasteiger partial charge in [-0.15, -0.1) is 11.3 Å². The van der Waals surface area contributed by atoms with Crippen molar-refractivity contribution >= 4 is 27.3 Å². The minimum Gasteiger partial charge on any atom is -0.145 e. The Balaban J connectivity index is 2.25. The van der Waals surface area contributed by atoms with E-state index in [-0.39, 0.29) is 0 Å². The molecule has 2 heteroatoms. The maximum absolute atomic E-state index is 3.87. The van der Waals surface area contributed by atoms with Gasteiger partial charge in [-0.25, -0.2) is 0 Å². The van der Waals surface area contributed by atoms with E-state index in [1.54, 1.807) is 0 Å². The standard InChI is InChI=1S/C15H17BrS/c1-3-13(12-7-5-4-6-8-12)15(16)14-10-9-11(2)17-14/h4-10,13,15H,3H2,1-2H3. The molecule has 17 heavy (non-hydrogen) atoms. The summed E-state index contributed by atoms with van der Waals surface area (Å²) in [7, 11) is 0. The van der Waals surface area contributed by atoms with E-state index in [2.05, 4.69) is 72.2 Å². The summed E-state index contributed by atoms with van der Waals surface area (Å²) >= 11 is 5.76. The molecule has 0 nitrogen and oxygen atoms in total. The van der Waals surface area contributed by atoms with E-state index >= 15 is 0 Å². The average Bonchev–Trinajstić information content (AvgIpc) is 2.78. The highest BCUT2D eigenvalue weighted by Gasteiger charge is 2.21. The maximum Gasteiger partial charge on any atom is 0.0557 e. The summed E-state index contributed by atoms with van der Waals surface area (Å²) in [6.07, 6.45) is 1.15. The molecule has 0 aliphatic heterocycles. The van der Waals surface area contributed by atoms with Crippen LogP contribution >= 0.6 is 27.3 Å². The summed E-state index contributed by atoms with van der Waals surface area (Å²) in [5.41, 5.74) is 1.42. The van der Waals surface area contributed by atoms with Crippen molar-refractivity contribution < 1.29 is 0 Å². The number of aryl methyl sites for hydroxylation is 1. The van der Waals surface area contributed by atoms with Crippen LogP contribution < -0.4 is 0 Å². The molecule has 0 bridgehead atoms. The fraction of sp³-hybridized carbons (Fsp3) is 0.333. The van der Waals surface area contributed by atoms with Crippen molar-refractivity contribution in [2.45, 2.75) is 31.0 Å². The Morgan fingerprint density at radius 3 is 2.35 bits per heavy atom. The fourth-order valence-electron chi connectivity index (χ4n) is 2.11. The number of rotatable bonds is 4. The number of hydrogen-bond donors (Lipinski definition) is 0. The Hall–Kier alpha value is -0.600. The van der Waals surface area contributed by atoms with Crippen LogP contribution in [-0.4, -0.2) is 0 Å². The molecule has 0 radical (unpaired) electrons. The SMILES string of the molecule is CCC(c1ccccc1)C(Br)c1ccc(C)s1. The minimum absolute atomic E-state index is 0.425. The van der Waals surface area contributed by atoms with Crippen LogP contribution in [0, 0.1) is 6.92 Å². The number of benzene rings is 1. The van der Waals surface area contributed by atoms with Crippen molar-refractivity contribution in [1.29, 1.82) is 0 Å². The van der Waals surface area contributed by atoms with Crippen LogP contribution in [0.2, 0.25) is 0 Å². The highest BCUT2D eigenvalue weighted by Crippen LogP contribution is 2.42. The van der Waals surface area contributed by atoms with Gasteiger partial charge in [0.25, 0.3) is 0 Å². The molecule has 0 amide bonds. The Labute approximate surface area is 116 Å². The van der Waals surface area contributed by atoms with Crippen molar-refractivity contribution in [3.8, 4) is 0 Å². The Bertz CT molecular complexity index is 461. The smallest absolute Gasteiger partial charge is 0.0557 e. The lowest BCUT2D eigenvalue weighted by molar-refractivity contribution is 0.661. The monoisotopic (exact) mass is 308 g/mol. The van der Waals surface area contributed by atoms with Crippen molar-refractivity contribution in [3.63, 3.8) is 0 Å². The topological polar surface area (TPSA) is 0 Å². The van der Waals surface area contributed by atoms with Gasteiger partial charge in [0.05, 0.1) is 4.83 Å². The summed E-state index contributed by atoms with van der Waals surface area (Å²) in [5.74, 6) is 0.550. The number of alkyl halides is 1. The lowest BCUT2D eigenvalue weighted by Crippen LogP contribution is -2.03. The van der Waals surface area contributed by atoms with Crippen LogP contribution in [-0.2, 0) is 0 Å². The van der Waals surface area contributed by atoms with Gasteiger partial charge in [0, 0.05) is 15.7 Å². The number of halogens is 1. The normalized spacial score (nSPS) is 14.5. The van der Waals surface area contributed by atoms with E-state index in [9.17, 15) is 0 Å². The molecule has 0 aliphatic carbocycles. The second-order valence-corrected chi connectivity index (χ2v) is 6.58. The molecule has 2 atom stereocenters. The van der Waals surface area contributed by atoms with Crippen molar-refractivity contribution in [3.05, 3.63) is 57.8 Å². The second-order valence-electron chi connectivity index (χ2n) is 4.28. The van der Waals surface area contributed by atoms with Crippen molar-refractivity contribution in [2.24, 2.45) is 0 Å². The molecule has 1 aromatic carbocycles. The predicted octanol–water partition coefficient (Wildman–Crippen LogP) is 5.69. The van der Waals surface area contributed by atoms with Gasteiger partial charge in [0.15, 0.2) is 0 Å². The first-order valence-corrected chi connectivity index (χ1v) is 7.71. The van der Waals surface area contributed by atoms with E-state index in [1.807, 2.05) is 11.3 Å². The number of thiophene rings is 1. The first kappa shape index (κ1) is 12.8. The molecular formula is C15H17BrS. The van der Waals surface area contributed by atoms with Gasteiger partial charge in [0.1, 0.15) is 0 Å². The molecule has 2 aromatic rings. The van der Waals surface area contributed by atoms with E-state index in [4.69, 9.17) is 0 Å². The van der Waals surface area contributed by atoms with Crippen molar-refractivity contribution in [1.82, 2.24) is 0 Å². The summed E-state index contributed by atoms with van der Waals surface area (Å²) in [5, 5.41) is 0. The molecule has 2 unspecified atom stereocenters. The molecular weight excluding hydrogens is 292 g/mol. The fourth-order valence-corrected chi connectivity index (χ4v) is 4.14. The lowest BCUT2D eigenvalue weighted by atomic mass is 9.92. The van der Waals surface area contributed by atoms with Gasteiger partial charge in [-0.05, 0) is 31.0 Å². The summed E-state index contributed by atoms with van der Waals surface area (Å²) < 4.78 is 0. The van der Waals surface area contributed by atoms with Crippen LogP contribution in [0.1, 0.15) is 39.4 Å². The van der Waals surface area contributed by atoms with E-state index in [1.165, 1.54) is 15.3 Å². The molecule has 0 saturated heterocycles. The van der Waals surface area contributed by atoms with Gasteiger partial charge < -0.3 is 0 Å². The predicted molar refractivity (Wildman–Crippen MR) is 80.2 cm³/mol. The molecule has 0 fully saturated rings. The summed E-state index contributed by atoms with van der Waals surface area (Å²) in [4.78, 5) is 3.24. The maximum atomic E-state index is 3.87. The molecule has 0 saturated carbocycles. The third kappa shape index (κ3) is 2.99. The third-order valence-corrected chi connectivity index (χ3v) is 5.57. The summed E-state index contributed by atoms with van der Waals surface area (Å²) in [6, 6.07) is 15.2. The summed E-state index contributed by atoms with van der Waals surface area (Å²) in [6.45, 7) is 4.42. The zero-order valence-electron chi connectivity index (χ0n) is 10.2. The molecule has 2 rings (SSSR count). The van der Waals surface area contributed by atoms with E-state index in [0.29, 0.717) is 10.7 Å². The zero-order chi connectivity index (χ0) is 12.3. The minimum atomic E-state index is 0.425. The Kier molecular flexibility index (Phi) is 4.41. The van der Waals surface area contributed by atoms with Crippen molar-refractivity contribution in [2.75, 3.05) is 0 Å². The number of hydrogen-bond acceptors (Lipinski definition) is 1. The van der Waals surface area contributed by atoms with Crippen LogP contribution in [0.15, 0.2) is 42.5 Å². The van der Waals surface area contributed by atoms with Gasteiger partial charge >= 0.3 is 0 Å².